The fourth-order valence-corrected chi connectivity index (χ4v) is 3.59. The summed E-state index contributed by atoms with van der Waals surface area (Å²) in [4.78, 5) is 16.2. The van der Waals surface area contributed by atoms with Crippen LogP contribution in [0.2, 0.25) is 0 Å². The van der Waals surface area contributed by atoms with E-state index >= 15 is 0 Å². The summed E-state index contributed by atoms with van der Waals surface area (Å²) in [5.41, 5.74) is 0. The third-order valence-corrected chi connectivity index (χ3v) is 4.90. The van der Waals surface area contributed by atoms with Crippen LogP contribution in [0.1, 0.15) is 39.0 Å². The van der Waals surface area contributed by atoms with Gasteiger partial charge in [0, 0.05) is 13.1 Å². The van der Waals surface area contributed by atoms with Crippen LogP contribution >= 0.6 is 0 Å². The van der Waals surface area contributed by atoms with Gasteiger partial charge < -0.3 is 20.2 Å². The van der Waals surface area contributed by atoms with E-state index in [0.29, 0.717) is 6.42 Å². The Hall–Kier alpha value is -0.650. The van der Waals surface area contributed by atoms with Crippen LogP contribution in [0.25, 0.3) is 0 Å². The van der Waals surface area contributed by atoms with E-state index in [1.54, 1.807) is 0 Å². The van der Waals surface area contributed by atoms with Gasteiger partial charge in [0.2, 0.25) is 0 Å². The van der Waals surface area contributed by atoms with E-state index in [0.717, 1.165) is 32.1 Å². The van der Waals surface area contributed by atoms with Crippen molar-refractivity contribution in [3.8, 4) is 0 Å². The molecule has 0 spiro atoms. The fraction of sp³-hybridized carbons (Fsp3) is 0.938. The van der Waals surface area contributed by atoms with Crippen LogP contribution in [0.4, 0.5) is 0 Å². The third kappa shape index (κ3) is 5.57. The molecule has 5 nitrogen and oxygen atoms in total. The lowest BCUT2D eigenvalue weighted by molar-refractivity contribution is -0.139. The molecule has 0 bridgehead atoms. The lowest BCUT2D eigenvalue weighted by Crippen LogP contribution is -2.42. The molecule has 5 heteroatoms. The minimum Gasteiger partial charge on any atom is -0.480 e. The summed E-state index contributed by atoms with van der Waals surface area (Å²) < 4.78 is 0. The Morgan fingerprint density at radius 2 is 1.86 bits per heavy atom. The molecule has 0 aliphatic carbocycles. The fourth-order valence-electron chi connectivity index (χ4n) is 3.59. The molecular formula is C16H31N3O2. The Morgan fingerprint density at radius 3 is 2.43 bits per heavy atom. The van der Waals surface area contributed by atoms with E-state index < -0.39 is 12.0 Å². The largest absolute Gasteiger partial charge is 0.480 e. The summed E-state index contributed by atoms with van der Waals surface area (Å²) in [6, 6.07) is -0.391. The standard InChI is InChI=1S/C16H31N3O2/c1-2-17-15(16(20)21)7-12-18-10-5-14(6-11-18)13-19-8-3-4-9-19/h14-15,17H,2-13H2,1H3,(H,20,21). The number of nitrogens with one attached hydrogen (secondary N) is 1. The van der Waals surface area contributed by atoms with Crippen LogP contribution in [-0.4, -0.2) is 72.7 Å². The second-order valence-corrected chi connectivity index (χ2v) is 6.53. The Morgan fingerprint density at radius 1 is 1.19 bits per heavy atom. The van der Waals surface area contributed by atoms with Gasteiger partial charge in [-0.05, 0) is 70.7 Å². The molecule has 2 fully saturated rings. The van der Waals surface area contributed by atoms with Crippen LogP contribution in [-0.2, 0) is 4.79 Å². The lowest BCUT2D eigenvalue weighted by Gasteiger charge is -2.34. The molecule has 2 saturated heterocycles. The van der Waals surface area contributed by atoms with Gasteiger partial charge >= 0.3 is 5.97 Å². The molecular weight excluding hydrogens is 266 g/mol. The Labute approximate surface area is 128 Å². The molecule has 1 unspecified atom stereocenters. The molecule has 2 aliphatic rings. The summed E-state index contributed by atoms with van der Waals surface area (Å²) in [5.74, 6) is 0.129. The summed E-state index contributed by atoms with van der Waals surface area (Å²) in [7, 11) is 0. The molecule has 2 N–H and O–H groups in total. The SMILES string of the molecule is CCNC(CCN1CCC(CN2CCCC2)CC1)C(=O)O. The topological polar surface area (TPSA) is 55.8 Å². The number of nitrogens with zero attached hydrogens (tertiary/aromatic N) is 2. The van der Waals surface area contributed by atoms with Gasteiger partial charge in [-0.15, -0.1) is 0 Å². The first-order valence-electron chi connectivity index (χ1n) is 8.60. The molecule has 0 aromatic rings. The Bertz CT molecular complexity index is 311. The Kier molecular flexibility index (Phi) is 6.93. The van der Waals surface area contributed by atoms with Gasteiger partial charge in [-0.3, -0.25) is 4.79 Å². The van der Waals surface area contributed by atoms with Crippen LogP contribution in [0, 0.1) is 5.92 Å². The van der Waals surface area contributed by atoms with Crippen molar-refractivity contribution in [3.63, 3.8) is 0 Å². The van der Waals surface area contributed by atoms with Crippen molar-refractivity contribution in [1.29, 1.82) is 0 Å². The minimum atomic E-state index is -0.722. The normalized spacial score (nSPS) is 23.5. The molecule has 1 atom stereocenters. The number of likely N-dealkylation sites (tertiary alicyclic amines) is 2. The number of carboxylic acid groups (broad SMARTS) is 1. The molecule has 0 aromatic heterocycles. The molecule has 2 rings (SSSR count). The van der Waals surface area contributed by atoms with Crippen LogP contribution < -0.4 is 5.32 Å². The third-order valence-electron chi connectivity index (χ3n) is 4.90. The first-order chi connectivity index (χ1) is 10.2. The van der Waals surface area contributed by atoms with Gasteiger partial charge in [0.05, 0.1) is 0 Å². The maximum absolute atomic E-state index is 11.1. The molecule has 21 heavy (non-hydrogen) atoms. The first kappa shape index (κ1) is 16.7. The lowest BCUT2D eigenvalue weighted by atomic mass is 9.96. The highest BCUT2D eigenvalue weighted by atomic mass is 16.4. The molecule has 0 saturated carbocycles. The predicted octanol–water partition coefficient (Wildman–Crippen LogP) is 1.25. The summed E-state index contributed by atoms with van der Waals surface area (Å²) in [5, 5.41) is 12.2. The van der Waals surface area contributed by atoms with Crippen LogP contribution in [0.3, 0.4) is 0 Å². The molecule has 2 heterocycles. The smallest absolute Gasteiger partial charge is 0.320 e. The van der Waals surface area contributed by atoms with E-state index in [1.807, 2.05) is 6.92 Å². The van der Waals surface area contributed by atoms with Crippen molar-refractivity contribution >= 4 is 5.97 Å². The minimum absolute atomic E-state index is 0.391. The monoisotopic (exact) mass is 297 g/mol. The highest BCUT2D eigenvalue weighted by Gasteiger charge is 2.24. The molecule has 122 valence electrons. The number of carbonyl (C=O) groups is 1. The molecule has 0 aromatic carbocycles. The first-order valence-corrected chi connectivity index (χ1v) is 8.60. The van der Waals surface area contributed by atoms with Gasteiger partial charge in [-0.25, -0.2) is 0 Å². The second kappa shape index (κ2) is 8.71. The zero-order valence-corrected chi connectivity index (χ0v) is 13.4. The van der Waals surface area contributed by atoms with Crippen molar-refractivity contribution in [2.45, 2.75) is 45.1 Å². The highest BCUT2D eigenvalue weighted by molar-refractivity contribution is 5.73. The summed E-state index contributed by atoms with van der Waals surface area (Å²) in [6.45, 7) is 9.72. The van der Waals surface area contributed by atoms with E-state index in [-0.39, 0.29) is 0 Å². The molecule has 0 amide bonds. The van der Waals surface area contributed by atoms with Crippen molar-refractivity contribution in [3.05, 3.63) is 0 Å². The zero-order valence-electron chi connectivity index (χ0n) is 13.4. The summed E-state index contributed by atoms with van der Waals surface area (Å²) >= 11 is 0. The number of piperidine rings is 1. The summed E-state index contributed by atoms with van der Waals surface area (Å²) in [6.07, 6.45) is 6.00. The molecule has 0 radical (unpaired) electrons. The van der Waals surface area contributed by atoms with Gasteiger partial charge in [0.25, 0.3) is 0 Å². The average Bonchev–Trinajstić information content (AvgIpc) is 2.97. The van der Waals surface area contributed by atoms with Crippen molar-refractivity contribution in [2.75, 3.05) is 45.8 Å². The highest BCUT2D eigenvalue weighted by Crippen LogP contribution is 2.20. The van der Waals surface area contributed by atoms with Crippen molar-refractivity contribution in [2.24, 2.45) is 5.92 Å². The Balaban J connectivity index is 1.62. The van der Waals surface area contributed by atoms with E-state index in [4.69, 9.17) is 5.11 Å². The van der Waals surface area contributed by atoms with E-state index in [2.05, 4.69) is 15.1 Å². The number of hydrogen-bond donors (Lipinski definition) is 2. The number of hydrogen-bond acceptors (Lipinski definition) is 4. The maximum Gasteiger partial charge on any atom is 0.320 e. The van der Waals surface area contributed by atoms with Gasteiger partial charge in [0.15, 0.2) is 0 Å². The van der Waals surface area contributed by atoms with Crippen LogP contribution in [0.15, 0.2) is 0 Å². The van der Waals surface area contributed by atoms with E-state index in [9.17, 15) is 4.79 Å². The van der Waals surface area contributed by atoms with Crippen molar-refractivity contribution < 1.29 is 9.90 Å². The maximum atomic E-state index is 11.1. The number of carboxylic acids is 1. The number of rotatable bonds is 8. The quantitative estimate of drug-likeness (QED) is 0.706. The number of aliphatic carboxylic acids is 1. The van der Waals surface area contributed by atoms with Gasteiger partial charge in [0.1, 0.15) is 6.04 Å². The van der Waals surface area contributed by atoms with Crippen molar-refractivity contribution in [1.82, 2.24) is 15.1 Å². The average molecular weight is 297 g/mol. The van der Waals surface area contributed by atoms with Gasteiger partial charge in [-0.1, -0.05) is 6.92 Å². The number of likely N-dealkylation sites (N-methyl/N-ethyl adjacent to an activating group) is 1. The second-order valence-electron chi connectivity index (χ2n) is 6.53. The van der Waals surface area contributed by atoms with E-state index in [1.165, 1.54) is 45.3 Å². The predicted molar refractivity (Wildman–Crippen MR) is 84.6 cm³/mol. The van der Waals surface area contributed by atoms with Crippen LogP contribution in [0.5, 0.6) is 0 Å². The molecule has 2 aliphatic heterocycles. The van der Waals surface area contributed by atoms with Gasteiger partial charge in [-0.2, -0.15) is 0 Å². The zero-order chi connectivity index (χ0) is 15.1.